The highest BCUT2D eigenvalue weighted by atomic mass is 16.6. The van der Waals surface area contributed by atoms with Crippen LogP contribution < -0.4 is 4.74 Å². The van der Waals surface area contributed by atoms with E-state index in [1.54, 1.807) is 19.2 Å². The Morgan fingerprint density at radius 1 is 1.12 bits per heavy atom. The van der Waals surface area contributed by atoms with Gasteiger partial charge in [0.1, 0.15) is 5.75 Å². The Bertz CT molecular complexity index is 716. The number of hydrogen-bond donors (Lipinski definition) is 0. The van der Waals surface area contributed by atoms with Crippen molar-refractivity contribution in [3.63, 3.8) is 0 Å². The lowest BCUT2D eigenvalue weighted by molar-refractivity contribution is -0.385. The molecule has 132 valence electrons. The zero-order valence-corrected chi connectivity index (χ0v) is 14.3. The van der Waals surface area contributed by atoms with Crippen LogP contribution in [0.5, 0.6) is 5.75 Å². The molecule has 1 aliphatic heterocycles. The van der Waals surface area contributed by atoms with Crippen LogP contribution in [0, 0.1) is 10.1 Å². The molecule has 0 spiro atoms. The highest BCUT2D eigenvalue weighted by Gasteiger charge is 2.20. The molecule has 2 aromatic rings. The fourth-order valence-corrected chi connectivity index (χ4v) is 3.07. The quantitative estimate of drug-likeness (QED) is 0.593. The number of nitro groups is 1. The summed E-state index contributed by atoms with van der Waals surface area (Å²) in [5.41, 5.74) is 2.04. The number of benzene rings is 1. The number of nitrogens with zero attached hydrogens (tertiary/aromatic N) is 4. The second kappa shape index (κ2) is 8.04. The molecule has 0 atom stereocenters. The molecule has 0 aliphatic carbocycles. The van der Waals surface area contributed by atoms with E-state index in [-0.39, 0.29) is 10.6 Å². The van der Waals surface area contributed by atoms with Crippen molar-refractivity contribution in [3.8, 4) is 5.75 Å². The van der Waals surface area contributed by atoms with Gasteiger partial charge in [0.25, 0.3) is 5.69 Å². The zero-order valence-electron chi connectivity index (χ0n) is 14.3. The van der Waals surface area contributed by atoms with E-state index in [0.717, 1.165) is 44.0 Å². The molecule has 0 bridgehead atoms. The van der Waals surface area contributed by atoms with Crippen molar-refractivity contribution in [2.24, 2.45) is 0 Å². The van der Waals surface area contributed by atoms with Crippen molar-refractivity contribution in [3.05, 3.63) is 64.0 Å². The number of nitro benzene ring substituents is 1. The monoisotopic (exact) mass is 342 g/mol. The van der Waals surface area contributed by atoms with E-state index in [1.807, 2.05) is 24.4 Å². The maximum absolute atomic E-state index is 11.0. The number of aromatic nitrogens is 1. The third-order valence-electron chi connectivity index (χ3n) is 4.45. The van der Waals surface area contributed by atoms with Crippen LogP contribution in [0.15, 0.2) is 42.6 Å². The molecule has 3 rings (SSSR count). The van der Waals surface area contributed by atoms with E-state index in [4.69, 9.17) is 4.74 Å². The molecule has 25 heavy (non-hydrogen) atoms. The van der Waals surface area contributed by atoms with Crippen molar-refractivity contribution >= 4 is 5.69 Å². The Morgan fingerprint density at radius 2 is 1.84 bits per heavy atom. The zero-order chi connectivity index (χ0) is 17.6. The third kappa shape index (κ3) is 4.52. The average Bonchev–Trinajstić information content (AvgIpc) is 2.64. The number of piperazine rings is 1. The Labute approximate surface area is 147 Å². The number of pyridine rings is 1. The second-order valence-corrected chi connectivity index (χ2v) is 6.13. The summed E-state index contributed by atoms with van der Waals surface area (Å²) in [5.74, 6) is 0.696. The van der Waals surface area contributed by atoms with Crippen LogP contribution in [0.3, 0.4) is 0 Å². The standard InChI is InChI=1S/C18H22N4O3/c1-25-18-6-5-17(22(23)24)12-15(18)13-20-8-10-21(11-9-20)14-16-4-2-3-7-19-16/h2-7,12H,8-11,13-14H2,1H3. The summed E-state index contributed by atoms with van der Waals surface area (Å²) < 4.78 is 5.35. The fourth-order valence-electron chi connectivity index (χ4n) is 3.07. The SMILES string of the molecule is COc1ccc([N+](=O)[O-])cc1CN1CCN(Cc2ccccn2)CC1. The molecule has 1 aliphatic rings. The number of rotatable bonds is 6. The van der Waals surface area contributed by atoms with Crippen LogP contribution in [0.4, 0.5) is 5.69 Å². The van der Waals surface area contributed by atoms with Gasteiger partial charge < -0.3 is 4.74 Å². The van der Waals surface area contributed by atoms with Crippen molar-refractivity contribution in [1.29, 1.82) is 0 Å². The molecular weight excluding hydrogens is 320 g/mol. The molecule has 7 heteroatoms. The van der Waals surface area contributed by atoms with E-state index >= 15 is 0 Å². The summed E-state index contributed by atoms with van der Waals surface area (Å²) in [6.07, 6.45) is 1.82. The first-order chi connectivity index (χ1) is 12.2. The molecule has 0 radical (unpaired) electrons. The van der Waals surface area contributed by atoms with E-state index in [0.29, 0.717) is 12.3 Å². The normalized spacial score (nSPS) is 15.9. The van der Waals surface area contributed by atoms with Crippen LogP contribution in [0.2, 0.25) is 0 Å². The minimum absolute atomic E-state index is 0.101. The van der Waals surface area contributed by atoms with Gasteiger partial charge in [-0.2, -0.15) is 0 Å². The highest BCUT2D eigenvalue weighted by Crippen LogP contribution is 2.25. The predicted octanol–water partition coefficient (Wildman–Crippen LogP) is 2.32. The predicted molar refractivity (Wildman–Crippen MR) is 94.4 cm³/mol. The smallest absolute Gasteiger partial charge is 0.270 e. The summed E-state index contributed by atoms with van der Waals surface area (Å²) in [5, 5.41) is 11.0. The Balaban J connectivity index is 1.58. The van der Waals surface area contributed by atoms with Crippen molar-refractivity contribution in [1.82, 2.24) is 14.8 Å². The van der Waals surface area contributed by atoms with Crippen molar-refractivity contribution < 1.29 is 9.66 Å². The molecule has 1 aromatic carbocycles. The summed E-state index contributed by atoms with van der Waals surface area (Å²) in [6.45, 7) is 5.25. The lowest BCUT2D eigenvalue weighted by Gasteiger charge is -2.34. The van der Waals surface area contributed by atoms with Gasteiger partial charge in [0.2, 0.25) is 0 Å². The number of ether oxygens (including phenoxy) is 1. The molecule has 1 saturated heterocycles. The summed E-state index contributed by atoms with van der Waals surface area (Å²) in [6, 6.07) is 10.7. The van der Waals surface area contributed by atoms with Gasteiger partial charge in [-0.1, -0.05) is 6.07 Å². The van der Waals surface area contributed by atoms with Crippen molar-refractivity contribution in [2.75, 3.05) is 33.3 Å². The van der Waals surface area contributed by atoms with Gasteiger partial charge in [-0.15, -0.1) is 0 Å². The molecular formula is C18H22N4O3. The minimum atomic E-state index is -0.367. The van der Waals surface area contributed by atoms with Crippen LogP contribution in [0.25, 0.3) is 0 Å². The van der Waals surface area contributed by atoms with Gasteiger partial charge in [-0.05, 0) is 18.2 Å². The number of hydrogen-bond acceptors (Lipinski definition) is 6. The van der Waals surface area contributed by atoms with Crippen LogP contribution in [0.1, 0.15) is 11.3 Å². The molecule has 2 heterocycles. The Kier molecular flexibility index (Phi) is 5.57. The Morgan fingerprint density at radius 3 is 2.44 bits per heavy atom. The number of non-ortho nitro benzene ring substituents is 1. The van der Waals surface area contributed by atoms with Crippen LogP contribution >= 0.6 is 0 Å². The third-order valence-corrected chi connectivity index (χ3v) is 4.45. The lowest BCUT2D eigenvalue weighted by Crippen LogP contribution is -2.45. The first-order valence-electron chi connectivity index (χ1n) is 8.31. The molecule has 1 fully saturated rings. The first kappa shape index (κ1) is 17.3. The molecule has 7 nitrogen and oxygen atoms in total. The van der Waals surface area contributed by atoms with Crippen molar-refractivity contribution in [2.45, 2.75) is 13.1 Å². The number of methoxy groups -OCH3 is 1. The summed E-state index contributed by atoms with van der Waals surface area (Å²) in [7, 11) is 1.59. The minimum Gasteiger partial charge on any atom is -0.496 e. The average molecular weight is 342 g/mol. The maximum atomic E-state index is 11.0. The van der Waals surface area contributed by atoms with Gasteiger partial charge in [-0.25, -0.2) is 0 Å². The van der Waals surface area contributed by atoms with E-state index in [9.17, 15) is 10.1 Å². The van der Waals surface area contributed by atoms with E-state index in [1.165, 1.54) is 6.07 Å². The highest BCUT2D eigenvalue weighted by molar-refractivity contribution is 5.43. The molecule has 0 saturated carbocycles. The van der Waals surface area contributed by atoms with Gasteiger partial charge >= 0.3 is 0 Å². The molecule has 0 N–H and O–H groups in total. The maximum Gasteiger partial charge on any atom is 0.270 e. The lowest BCUT2D eigenvalue weighted by atomic mass is 10.1. The fraction of sp³-hybridized carbons (Fsp3) is 0.389. The van der Waals surface area contributed by atoms with E-state index < -0.39 is 0 Å². The van der Waals surface area contributed by atoms with Gasteiger partial charge in [0.05, 0.1) is 17.7 Å². The largest absolute Gasteiger partial charge is 0.496 e. The summed E-state index contributed by atoms with van der Waals surface area (Å²) >= 11 is 0. The topological polar surface area (TPSA) is 71.7 Å². The second-order valence-electron chi connectivity index (χ2n) is 6.13. The van der Waals surface area contributed by atoms with Gasteiger partial charge in [-0.3, -0.25) is 24.9 Å². The molecule has 0 unspecified atom stereocenters. The Hall–Kier alpha value is -2.51. The first-order valence-corrected chi connectivity index (χ1v) is 8.31. The summed E-state index contributed by atoms with van der Waals surface area (Å²) in [4.78, 5) is 19.7. The molecule has 1 aromatic heterocycles. The van der Waals surface area contributed by atoms with E-state index in [2.05, 4.69) is 14.8 Å². The van der Waals surface area contributed by atoms with Gasteiger partial charge in [0.15, 0.2) is 0 Å². The van der Waals surface area contributed by atoms with Gasteiger partial charge in [0, 0.05) is 63.2 Å². The van der Waals surface area contributed by atoms with Crippen LogP contribution in [-0.2, 0) is 13.1 Å². The van der Waals surface area contributed by atoms with Crippen LogP contribution in [-0.4, -0.2) is 53.0 Å². The molecule has 0 amide bonds.